The number of piperazine rings is 1. The Hall–Kier alpha value is -1.69. The summed E-state index contributed by atoms with van der Waals surface area (Å²) in [6.07, 6.45) is 4.82. The standard InChI is InChI=1S/C28H49F2N7O2/c1-3-9-28(4-2)10-8-18(29)14-34-21(13-28)24(26(31)32)27(39)35-22-16-33-15-20(30)25(22)36-11-12-37-19(17-36)6-5-7-23(37)38/h14,18-22,24-26,33H,3-13,15-17,31-32H2,1-2H3,(H,35,39)/t18?,19-,20?,21?,22?,24?,25?,28?/m0/s1. The van der Waals surface area contributed by atoms with E-state index < -0.39 is 42.6 Å². The Morgan fingerprint density at radius 2 is 2.05 bits per heavy atom. The first-order valence-corrected chi connectivity index (χ1v) is 15.0. The maximum atomic E-state index is 15.5. The van der Waals surface area contributed by atoms with E-state index in [4.69, 9.17) is 11.5 Å². The molecule has 4 rings (SSSR count). The van der Waals surface area contributed by atoms with Crippen LogP contribution >= 0.6 is 0 Å². The molecular formula is C28H49F2N7O2. The molecule has 4 heterocycles. The minimum Gasteiger partial charge on any atom is -0.350 e. The fourth-order valence-electron chi connectivity index (χ4n) is 7.53. The van der Waals surface area contributed by atoms with Crippen LogP contribution in [0.5, 0.6) is 0 Å². The van der Waals surface area contributed by atoms with Crippen LogP contribution < -0.4 is 22.1 Å². The fourth-order valence-corrected chi connectivity index (χ4v) is 7.53. The minimum atomic E-state index is -1.18. The number of aliphatic imine (C=N–C) groups is 1. The van der Waals surface area contributed by atoms with Crippen LogP contribution in [0.3, 0.4) is 0 Å². The highest BCUT2D eigenvalue weighted by molar-refractivity contribution is 5.81. The summed E-state index contributed by atoms with van der Waals surface area (Å²) in [5.74, 6) is -1.04. The van der Waals surface area contributed by atoms with Crippen molar-refractivity contribution in [3.8, 4) is 0 Å². The number of carbonyl (C=O) groups is 2. The van der Waals surface area contributed by atoms with Gasteiger partial charge in [-0.1, -0.05) is 26.7 Å². The van der Waals surface area contributed by atoms with Gasteiger partial charge >= 0.3 is 0 Å². The van der Waals surface area contributed by atoms with E-state index in [2.05, 4.69) is 34.4 Å². The Bertz CT molecular complexity index is 877. The number of alkyl halides is 2. The summed E-state index contributed by atoms with van der Waals surface area (Å²) in [4.78, 5) is 34.8. The molecular weight excluding hydrogens is 504 g/mol. The zero-order valence-corrected chi connectivity index (χ0v) is 23.7. The lowest BCUT2D eigenvalue weighted by Gasteiger charge is -2.50. The van der Waals surface area contributed by atoms with Crippen LogP contribution in [0.1, 0.15) is 71.6 Å². The van der Waals surface area contributed by atoms with Crippen molar-refractivity contribution < 1.29 is 18.4 Å². The molecule has 4 aliphatic heterocycles. The number of amides is 2. The molecule has 3 saturated heterocycles. The van der Waals surface area contributed by atoms with Gasteiger partial charge in [0.05, 0.1) is 30.2 Å². The Kier molecular flexibility index (Phi) is 10.3. The first kappa shape index (κ1) is 30.3. The first-order valence-electron chi connectivity index (χ1n) is 15.0. The fraction of sp³-hybridized carbons (Fsp3) is 0.893. The van der Waals surface area contributed by atoms with E-state index in [-0.39, 0.29) is 29.8 Å². The molecule has 0 saturated carbocycles. The van der Waals surface area contributed by atoms with E-state index in [1.807, 2.05) is 4.90 Å². The third-order valence-corrected chi connectivity index (χ3v) is 9.69. The third kappa shape index (κ3) is 6.97. The van der Waals surface area contributed by atoms with Gasteiger partial charge in [-0.15, -0.1) is 0 Å². The lowest BCUT2D eigenvalue weighted by molar-refractivity contribution is -0.141. The van der Waals surface area contributed by atoms with E-state index in [1.54, 1.807) is 0 Å². The summed E-state index contributed by atoms with van der Waals surface area (Å²) in [6, 6.07) is -1.48. The molecule has 6 N–H and O–H groups in total. The molecule has 0 spiro atoms. The topological polar surface area (TPSA) is 129 Å². The summed E-state index contributed by atoms with van der Waals surface area (Å²) < 4.78 is 30.1. The molecule has 4 aliphatic rings. The lowest BCUT2D eigenvalue weighted by atomic mass is 9.69. The monoisotopic (exact) mass is 553 g/mol. The van der Waals surface area contributed by atoms with Gasteiger partial charge in [-0.2, -0.15) is 0 Å². The SMILES string of the molecule is CCCC1(CC)CCC(F)C=NC(C(C(=O)NC2CNCC(F)C2N2CCN3C(=O)CCC[C@H]3C2)C(N)N)C1. The molecule has 7 unspecified atom stereocenters. The van der Waals surface area contributed by atoms with Crippen molar-refractivity contribution in [2.24, 2.45) is 27.8 Å². The van der Waals surface area contributed by atoms with Crippen LogP contribution in [0.4, 0.5) is 8.78 Å². The second-order valence-electron chi connectivity index (χ2n) is 12.2. The van der Waals surface area contributed by atoms with Crippen molar-refractivity contribution in [2.45, 2.75) is 114 Å². The van der Waals surface area contributed by atoms with Crippen molar-refractivity contribution in [3.63, 3.8) is 0 Å². The first-order chi connectivity index (χ1) is 18.7. The lowest BCUT2D eigenvalue weighted by Crippen LogP contribution is -2.70. The van der Waals surface area contributed by atoms with Crippen molar-refractivity contribution in [1.29, 1.82) is 0 Å². The van der Waals surface area contributed by atoms with Crippen LogP contribution in [-0.2, 0) is 9.59 Å². The van der Waals surface area contributed by atoms with Crippen molar-refractivity contribution in [1.82, 2.24) is 20.4 Å². The number of carbonyl (C=O) groups excluding carboxylic acids is 2. The van der Waals surface area contributed by atoms with Crippen molar-refractivity contribution in [2.75, 3.05) is 32.7 Å². The highest BCUT2D eigenvalue weighted by atomic mass is 19.1. The number of hydrogen-bond donors (Lipinski definition) is 4. The van der Waals surface area contributed by atoms with Gasteiger partial charge in [0, 0.05) is 51.4 Å². The van der Waals surface area contributed by atoms with E-state index in [0.29, 0.717) is 45.4 Å². The Morgan fingerprint density at radius 1 is 1.26 bits per heavy atom. The molecule has 222 valence electrons. The van der Waals surface area contributed by atoms with Gasteiger partial charge in [0.15, 0.2) is 0 Å². The molecule has 0 aromatic heterocycles. The molecule has 0 bridgehead atoms. The number of rotatable bonds is 8. The van der Waals surface area contributed by atoms with Gasteiger partial charge in [-0.25, -0.2) is 8.78 Å². The maximum absolute atomic E-state index is 15.5. The van der Waals surface area contributed by atoms with E-state index in [0.717, 1.165) is 38.5 Å². The zero-order valence-electron chi connectivity index (χ0n) is 23.7. The van der Waals surface area contributed by atoms with Crippen LogP contribution in [0.2, 0.25) is 0 Å². The molecule has 0 aromatic carbocycles. The summed E-state index contributed by atoms with van der Waals surface area (Å²) in [7, 11) is 0. The average molecular weight is 554 g/mol. The van der Waals surface area contributed by atoms with Gasteiger partial charge in [0.1, 0.15) is 12.3 Å². The molecule has 0 aliphatic carbocycles. The normalized spacial score (nSPS) is 37.2. The third-order valence-electron chi connectivity index (χ3n) is 9.69. The molecule has 8 atom stereocenters. The molecule has 39 heavy (non-hydrogen) atoms. The Morgan fingerprint density at radius 3 is 2.77 bits per heavy atom. The minimum absolute atomic E-state index is 0.0855. The maximum Gasteiger partial charge on any atom is 0.228 e. The molecule has 9 nitrogen and oxygen atoms in total. The van der Waals surface area contributed by atoms with Gasteiger partial charge in [-0.05, 0) is 43.9 Å². The summed E-state index contributed by atoms with van der Waals surface area (Å²) >= 11 is 0. The number of halogens is 2. The number of piperidine rings is 2. The van der Waals surface area contributed by atoms with Crippen LogP contribution in [0, 0.1) is 11.3 Å². The second-order valence-corrected chi connectivity index (χ2v) is 12.2. The number of nitrogens with two attached hydrogens (primary N) is 2. The van der Waals surface area contributed by atoms with Crippen molar-refractivity contribution in [3.05, 3.63) is 0 Å². The number of fused-ring (bicyclic) bond motifs is 1. The summed E-state index contributed by atoms with van der Waals surface area (Å²) in [5, 5.41) is 6.20. The predicted octanol–water partition coefficient (Wildman–Crippen LogP) is 1.50. The summed E-state index contributed by atoms with van der Waals surface area (Å²) in [5.41, 5.74) is 12.3. The molecule has 2 amide bonds. The highest BCUT2D eigenvalue weighted by Gasteiger charge is 2.45. The van der Waals surface area contributed by atoms with Crippen molar-refractivity contribution >= 4 is 18.0 Å². The zero-order chi connectivity index (χ0) is 28.2. The second kappa shape index (κ2) is 13.3. The smallest absolute Gasteiger partial charge is 0.228 e. The predicted molar refractivity (Wildman–Crippen MR) is 149 cm³/mol. The van der Waals surface area contributed by atoms with E-state index in [1.165, 1.54) is 6.21 Å². The van der Waals surface area contributed by atoms with Crippen LogP contribution in [0.25, 0.3) is 0 Å². The molecule has 0 radical (unpaired) electrons. The largest absolute Gasteiger partial charge is 0.350 e. The Balaban J connectivity index is 1.52. The van der Waals surface area contributed by atoms with E-state index in [9.17, 15) is 14.0 Å². The van der Waals surface area contributed by atoms with Gasteiger partial charge < -0.3 is 27.0 Å². The van der Waals surface area contributed by atoms with Gasteiger partial charge in [0.2, 0.25) is 11.8 Å². The quantitative estimate of drug-likeness (QED) is 0.337. The molecule has 0 aromatic rings. The molecule has 11 heteroatoms. The highest BCUT2D eigenvalue weighted by Crippen LogP contribution is 2.42. The number of nitrogens with zero attached hydrogens (tertiary/aromatic N) is 3. The van der Waals surface area contributed by atoms with Crippen LogP contribution in [0.15, 0.2) is 4.99 Å². The molecule has 3 fully saturated rings. The Labute approximate surface area is 231 Å². The van der Waals surface area contributed by atoms with Gasteiger partial charge in [0.25, 0.3) is 0 Å². The van der Waals surface area contributed by atoms with E-state index >= 15 is 4.39 Å². The van der Waals surface area contributed by atoms with Crippen LogP contribution in [-0.4, -0.2) is 103 Å². The number of hydrogen-bond acceptors (Lipinski definition) is 7. The number of nitrogens with one attached hydrogen (secondary N) is 2. The van der Waals surface area contributed by atoms with Gasteiger partial charge in [-0.3, -0.25) is 19.5 Å². The summed E-state index contributed by atoms with van der Waals surface area (Å²) in [6.45, 7) is 6.61. The average Bonchev–Trinajstić information content (AvgIpc) is 2.89.